The van der Waals surface area contributed by atoms with Gasteiger partial charge in [-0.25, -0.2) is 0 Å². The van der Waals surface area contributed by atoms with E-state index < -0.39 is 0 Å². The van der Waals surface area contributed by atoms with Gasteiger partial charge in [0.05, 0.1) is 19.9 Å². The van der Waals surface area contributed by atoms with Gasteiger partial charge in [0.2, 0.25) is 5.91 Å². The summed E-state index contributed by atoms with van der Waals surface area (Å²) in [4.78, 5) is 12.5. The quantitative estimate of drug-likeness (QED) is 0.677. The maximum atomic E-state index is 12.5. The number of rotatable bonds is 7. The van der Waals surface area contributed by atoms with Crippen molar-refractivity contribution < 1.29 is 14.3 Å². The van der Waals surface area contributed by atoms with Crippen LogP contribution in [-0.4, -0.2) is 40.3 Å². The number of carbonyl (C=O) groups is 1. The highest BCUT2D eigenvalue weighted by Crippen LogP contribution is 2.25. The van der Waals surface area contributed by atoms with Gasteiger partial charge in [0.1, 0.15) is 11.5 Å². The van der Waals surface area contributed by atoms with Crippen molar-refractivity contribution in [1.29, 1.82) is 0 Å². The number of amides is 1. The van der Waals surface area contributed by atoms with Crippen LogP contribution in [0.15, 0.2) is 36.4 Å². The van der Waals surface area contributed by atoms with Crippen molar-refractivity contribution in [3.8, 4) is 17.2 Å². The zero-order valence-electron chi connectivity index (χ0n) is 16.4. The number of nitrogens with one attached hydrogen (secondary N) is 1. The Balaban J connectivity index is 1.70. The van der Waals surface area contributed by atoms with Crippen LogP contribution in [0.3, 0.4) is 0 Å². The zero-order valence-corrected chi connectivity index (χ0v) is 16.4. The van der Waals surface area contributed by atoms with Crippen molar-refractivity contribution in [1.82, 2.24) is 20.2 Å². The van der Waals surface area contributed by atoms with Crippen LogP contribution in [0.5, 0.6) is 11.5 Å². The molecule has 0 aliphatic rings. The number of methoxy groups -OCH3 is 2. The summed E-state index contributed by atoms with van der Waals surface area (Å²) >= 11 is 0. The van der Waals surface area contributed by atoms with Gasteiger partial charge in [0.15, 0.2) is 5.82 Å². The number of carbonyl (C=O) groups excluding carboxylic acids is 1. The minimum Gasteiger partial charge on any atom is -0.497 e. The maximum Gasteiger partial charge on any atom is 0.224 e. The molecule has 1 amide bonds. The first-order valence-electron chi connectivity index (χ1n) is 8.88. The number of nitrogens with zero attached hydrogens (tertiary/aromatic N) is 4. The van der Waals surface area contributed by atoms with Crippen molar-refractivity contribution in [2.75, 3.05) is 19.5 Å². The van der Waals surface area contributed by atoms with E-state index in [1.807, 2.05) is 50.2 Å². The monoisotopic (exact) mass is 381 g/mol. The molecule has 0 unspecified atom stereocenters. The van der Waals surface area contributed by atoms with Crippen LogP contribution in [0.25, 0.3) is 5.69 Å². The first-order chi connectivity index (χ1) is 13.5. The third-order valence-corrected chi connectivity index (χ3v) is 4.46. The van der Waals surface area contributed by atoms with Gasteiger partial charge in [-0.15, -0.1) is 5.10 Å². The van der Waals surface area contributed by atoms with E-state index in [-0.39, 0.29) is 5.91 Å². The Kier molecular flexibility index (Phi) is 5.88. The lowest BCUT2D eigenvalue weighted by Gasteiger charge is -2.12. The second kappa shape index (κ2) is 8.51. The highest BCUT2D eigenvalue weighted by Gasteiger charge is 2.11. The van der Waals surface area contributed by atoms with Crippen molar-refractivity contribution in [2.45, 2.75) is 26.7 Å². The van der Waals surface area contributed by atoms with E-state index in [9.17, 15) is 4.79 Å². The molecule has 0 saturated carbocycles. The predicted molar refractivity (Wildman–Crippen MR) is 105 cm³/mol. The molecule has 8 nitrogen and oxygen atoms in total. The number of aryl methyl sites for hydroxylation is 3. The lowest BCUT2D eigenvalue weighted by molar-refractivity contribution is -0.116. The van der Waals surface area contributed by atoms with Crippen molar-refractivity contribution >= 4 is 11.6 Å². The molecule has 0 bridgehead atoms. The van der Waals surface area contributed by atoms with Crippen molar-refractivity contribution in [3.05, 3.63) is 53.3 Å². The molecular weight excluding hydrogens is 358 g/mol. The molecule has 0 aliphatic heterocycles. The molecule has 0 fully saturated rings. The standard InChI is InChI=1S/C20H23N5O3/c1-13-5-7-16(12-18(13)25-14(2)22-23-24-25)21-20(26)10-6-15-11-17(27-3)8-9-19(15)28-4/h5,7-9,11-12H,6,10H2,1-4H3,(H,21,26). The molecule has 0 radical (unpaired) electrons. The van der Waals surface area contributed by atoms with Gasteiger partial charge in [-0.3, -0.25) is 4.79 Å². The second-order valence-electron chi connectivity index (χ2n) is 6.37. The number of tetrazole rings is 1. The number of benzene rings is 2. The fourth-order valence-electron chi connectivity index (χ4n) is 2.92. The number of ether oxygens (including phenoxy) is 2. The van der Waals surface area contributed by atoms with Gasteiger partial charge in [0, 0.05) is 12.1 Å². The summed E-state index contributed by atoms with van der Waals surface area (Å²) in [6, 6.07) is 11.2. The summed E-state index contributed by atoms with van der Waals surface area (Å²) in [7, 11) is 3.22. The Hall–Kier alpha value is -3.42. The van der Waals surface area contributed by atoms with Crippen LogP contribution >= 0.6 is 0 Å². The summed E-state index contributed by atoms with van der Waals surface area (Å²) in [6.45, 7) is 3.79. The van der Waals surface area contributed by atoms with Crippen LogP contribution in [-0.2, 0) is 11.2 Å². The highest BCUT2D eigenvalue weighted by atomic mass is 16.5. The van der Waals surface area contributed by atoms with Gasteiger partial charge in [-0.05, 0) is 72.2 Å². The van der Waals surface area contributed by atoms with Crippen molar-refractivity contribution in [3.63, 3.8) is 0 Å². The van der Waals surface area contributed by atoms with Crippen LogP contribution in [0, 0.1) is 13.8 Å². The van der Waals surface area contributed by atoms with Gasteiger partial charge in [-0.1, -0.05) is 6.07 Å². The van der Waals surface area contributed by atoms with Crippen molar-refractivity contribution in [2.24, 2.45) is 0 Å². The molecule has 8 heteroatoms. The zero-order chi connectivity index (χ0) is 20.1. The normalized spacial score (nSPS) is 10.6. The van der Waals surface area contributed by atoms with E-state index in [0.717, 1.165) is 28.3 Å². The SMILES string of the molecule is COc1ccc(OC)c(CCC(=O)Nc2ccc(C)c(-n3nnnc3C)c2)c1. The van der Waals surface area contributed by atoms with E-state index in [1.165, 1.54) is 0 Å². The summed E-state index contributed by atoms with van der Waals surface area (Å²) < 4.78 is 12.3. The first kappa shape index (κ1) is 19.3. The Morgan fingerprint density at radius 3 is 2.61 bits per heavy atom. The van der Waals surface area contributed by atoms with E-state index in [2.05, 4.69) is 20.8 Å². The fraction of sp³-hybridized carbons (Fsp3) is 0.300. The summed E-state index contributed by atoms with van der Waals surface area (Å²) in [5, 5.41) is 14.5. The summed E-state index contributed by atoms with van der Waals surface area (Å²) in [5.74, 6) is 2.06. The molecule has 0 saturated heterocycles. The molecule has 28 heavy (non-hydrogen) atoms. The van der Waals surface area contributed by atoms with E-state index in [1.54, 1.807) is 18.9 Å². The van der Waals surface area contributed by atoms with Crippen LogP contribution in [0.1, 0.15) is 23.4 Å². The average Bonchev–Trinajstić information content (AvgIpc) is 3.13. The first-order valence-corrected chi connectivity index (χ1v) is 8.88. The molecule has 0 aliphatic carbocycles. The van der Waals surface area contributed by atoms with Gasteiger partial charge in [0.25, 0.3) is 0 Å². The molecule has 1 heterocycles. The predicted octanol–water partition coefficient (Wildman–Crippen LogP) is 2.87. The lowest BCUT2D eigenvalue weighted by atomic mass is 10.1. The van der Waals surface area contributed by atoms with Crippen LogP contribution in [0.4, 0.5) is 5.69 Å². The minimum absolute atomic E-state index is 0.0897. The average molecular weight is 381 g/mol. The molecule has 146 valence electrons. The Labute approximate surface area is 163 Å². The Bertz CT molecular complexity index is 984. The van der Waals surface area contributed by atoms with E-state index >= 15 is 0 Å². The largest absolute Gasteiger partial charge is 0.497 e. The number of hydrogen-bond donors (Lipinski definition) is 1. The fourth-order valence-corrected chi connectivity index (χ4v) is 2.92. The van der Waals surface area contributed by atoms with Crippen LogP contribution in [0.2, 0.25) is 0 Å². The number of aromatic nitrogens is 4. The summed E-state index contributed by atoms with van der Waals surface area (Å²) in [5.41, 5.74) is 3.45. The second-order valence-corrected chi connectivity index (χ2v) is 6.37. The smallest absolute Gasteiger partial charge is 0.224 e. The minimum atomic E-state index is -0.0897. The third-order valence-electron chi connectivity index (χ3n) is 4.46. The lowest BCUT2D eigenvalue weighted by Crippen LogP contribution is -2.13. The van der Waals surface area contributed by atoms with E-state index in [0.29, 0.717) is 24.4 Å². The number of anilines is 1. The van der Waals surface area contributed by atoms with Gasteiger partial charge >= 0.3 is 0 Å². The number of hydrogen-bond acceptors (Lipinski definition) is 6. The molecule has 0 atom stereocenters. The highest BCUT2D eigenvalue weighted by molar-refractivity contribution is 5.91. The van der Waals surface area contributed by atoms with Gasteiger partial charge in [-0.2, -0.15) is 4.68 Å². The Morgan fingerprint density at radius 2 is 1.93 bits per heavy atom. The van der Waals surface area contributed by atoms with Crippen LogP contribution < -0.4 is 14.8 Å². The maximum absolute atomic E-state index is 12.5. The molecule has 2 aromatic carbocycles. The molecule has 0 spiro atoms. The third kappa shape index (κ3) is 4.28. The van der Waals surface area contributed by atoms with E-state index in [4.69, 9.17) is 9.47 Å². The Morgan fingerprint density at radius 1 is 1.11 bits per heavy atom. The molecule has 1 aromatic heterocycles. The molecule has 1 N–H and O–H groups in total. The molecule has 3 rings (SSSR count). The van der Waals surface area contributed by atoms with Gasteiger partial charge < -0.3 is 14.8 Å². The molecule has 3 aromatic rings. The summed E-state index contributed by atoms with van der Waals surface area (Å²) in [6.07, 6.45) is 0.855. The molecular formula is C20H23N5O3. The topological polar surface area (TPSA) is 91.2 Å².